The van der Waals surface area contributed by atoms with Crippen molar-refractivity contribution in [3.05, 3.63) is 63.9 Å². The molecule has 0 amide bonds. The fraction of sp³-hybridized carbons (Fsp3) is 0.133. The molecular formula is C15H12BrFN2. The number of halogens is 2. The van der Waals surface area contributed by atoms with Crippen LogP contribution in [0, 0.1) is 17.1 Å². The SMILES string of the molecule is CN(Cc1ccc(F)c(Br)c1)c1ccc(C#N)cc1. The minimum absolute atomic E-state index is 0.259. The van der Waals surface area contributed by atoms with Crippen LogP contribution in [0.15, 0.2) is 46.9 Å². The first kappa shape index (κ1) is 13.6. The summed E-state index contributed by atoms with van der Waals surface area (Å²) in [7, 11) is 1.96. The van der Waals surface area contributed by atoms with Gasteiger partial charge in [-0.1, -0.05) is 6.07 Å². The van der Waals surface area contributed by atoms with E-state index in [2.05, 4.69) is 22.0 Å². The van der Waals surface area contributed by atoms with Crippen molar-refractivity contribution in [3.8, 4) is 6.07 Å². The molecule has 2 rings (SSSR count). The zero-order valence-electron chi connectivity index (χ0n) is 10.4. The van der Waals surface area contributed by atoms with E-state index in [9.17, 15) is 4.39 Å². The number of hydrogen-bond acceptors (Lipinski definition) is 2. The van der Waals surface area contributed by atoms with Gasteiger partial charge in [-0.2, -0.15) is 5.26 Å². The minimum Gasteiger partial charge on any atom is -0.370 e. The van der Waals surface area contributed by atoms with Gasteiger partial charge >= 0.3 is 0 Å². The van der Waals surface area contributed by atoms with Gasteiger partial charge in [0.25, 0.3) is 0 Å². The maximum absolute atomic E-state index is 13.2. The van der Waals surface area contributed by atoms with Crippen molar-refractivity contribution in [1.82, 2.24) is 0 Å². The Balaban J connectivity index is 2.13. The fourth-order valence-electron chi connectivity index (χ4n) is 1.79. The molecule has 4 heteroatoms. The Morgan fingerprint density at radius 1 is 1.21 bits per heavy atom. The molecule has 0 radical (unpaired) electrons. The molecule has 2 aromatic carbocycles. The largest absolute Gasteiger partial charge is 0.370 e. The molecule has 0 N–H and O–H groups in total. The summed E-state index contributed by atoms with van der Waals surface area (Å²) in [4.78, 5) is 2.04. The van der Waals surface area contributed by atoms with Gasteiger partial charge < -0.3 is 4.90 Å². The zero-order valence-corrected chi connectivity index (χ0v) is 12.0. The summed E-state index contributed by atoms with van der Waals surface area (Å²) in [6.07, 6.45) is 0. The molecule has 0 atom stereocenters. The maximum atomic E-state index is 13.2. The predicted molar refractivity (Wildman–Crippen MR) is 77.4 cm³/mol. The van der Waals surface area contributed by atoms with Gasteiger partial charge in [-0.15, -0.1) is 0 Å². The molecule has 0 saturated heterocycles. The van der Waals surface area contributed by atoms with Crippen molar-refractivity contribution in [2.24, 2.45) is 0 Å². The van der Waals surface area contributed by atoms with Crippen LogP contribution in [0.3, 0.4) is 0 Å². The van der Waals surface area contributed by atoms with E-state index in [1.165, 1.54) is 6.07 Å². The van der Waals surface area contributed by atoms with E-state index in [0.717, 1.165) is 11.3 Å². The molecule has 19 heavy (non-hydrogen) atoms. The van der Waals surface area contributed by atoms with Crippen molar-refractivity contribution >= 4 is 21.6 Å². The first-order valence-corrected chi connectivity index (χ1v) is 6.54. The van der Waals surface area contributed by atoms with Crippen LogP contribution in [0.2, 0.25) is 0 Å². The lowest BCUT2D eigenvalue weighted by atomic mass is 10.2. The van der Waals surface area contributed by atoms with E-state index in [0.29, 0.717) is 16.6 Å². The molecule has 0 saturated carbocycles. The summed E-state index contributed by atoms with van der Waals surface area (Å²) in [5.74, 6) is -0.259. The van der Waals surface area contributed by atoms with E-state index >= 15 is 0 Å². The van der Waals surface area contributed by atoms with Crippen molar-refractivity contribution < 1.29 is 4.39 Å². The van der Waals surface area contributed by atoms with Crippen molar-refractivity contribution in [3.63, 3.8) is 0 Å². The van der Waals surface area contributed by atoms with Crippen LogP contribution in [0.1, 0.15) is 11.1 Å². The second kappa shape index (κ2) is 5.85. The molecule has 0 unspecified atom stereocenters. The van der Waals surface area contributed by atoms with E-state index in [-0.39, 0.29) is 5.82 Å². The third-order valence-corrected chi connectivity index (χ3v) is 3.45. The number of nitriles is 1. The number of anilines is 1. The lowest BCUT2D eigenvalue weighted by Crippen LogP contribution is -2.16. The molecule has 0 aliphatic rings. The van der Waals surface area contributed by atoms with Crippen molar-refractivity contribution in [2.45, 2.75) is 6.54 Å². The molecule has 0 spiro atoms. The van der Waals surface area contributed by atoms with Gasteiger partial charge in [0.2, 0.25) is 0 Å². The summed E-state index contributed by atoms with van der Waals surface area (Å²) in [5, 5.41) is 8.75. The molecule has 0 aromatic heterocycles. The van der Waals surface area contributed by atoms with Crippen LogP contribution in [0.5, 0.6) is 0 Å². The second-order valence-electron chi connectivity index (χ2n) is 4.26. The highest BCUT2D eigenvalue weighted by molar-refractivity contribution is 9.10. The standard InChI is InChI=1S/C15H12BrFN2/c1-19(13-5-2-11(9-18)3-6-13)10-12-4-7-15(17)14(16)8-12/h2-8H,10H2,1H3. The van der Waals surface area contributed by atoms with Gasteiger partial charge in [0, 0.05) is 19.3 Å². The van der Waals surface area contributed by atoms with Gasteiger partial charge in [0.1, 0.15) is 5.82 Å². The number of benzene rings is 2. The number of rotatable bonds is 3. The summed E-state index contributed by atoms with van der Waals surface area (Å²) in [5.41, 5.74) is 2.67. The van der Waals surface area contributed by atoms with Crippen LogP contribution in [0.4, 0.5) is 10.1 Å². The van der Waals surface area contributed by atoms with E-state index in [4.69, 9.17) is 5.26 Å². The van der Waals surface area contributed by atoms with E-state index in [1.807, 2.05) is 24.1 Å². The van der Waals surface area contributed by atoms with Crippen LogP contribution >= 0.6 is 15.9 Å². The van der Waals surface area contributed by atoms with E-state index in [1.54, 1.807) is 24.3 Å². The summed E-state index contributed by atoms with van der Waals surface area (Å²) >= 11 is 3.18. The maximum Gasteiger partial charge on any atom is 0.137 e. The molecule has 0 aliphatic carbocycles. The van der Waals surface area contributed by atoms with Crippen LogP contribution in [-0.4, -0.2) is 7.05 Å². The molecule has 2 aromatic rings. The van der Waals surface area contributed by atoms with Gasteiger partial charge in [-0.25, -0.2) is 4.39 Å². The van der Waals surface area contributed by atoms with Gasteiger partial charge in [0.05, 0.1) is 16.1 Å². The third kappa shape index (κ3) is 3.33. The summed E-state index contributed by atoms with van der Waals surface area (Å²) in [6, 6.07) is 14.4. The molecule has 96 valence electrons. The normalized spacial score (nSPS) is 10.0. The Labute approximate surface area is 120 Å². The lowest BCUT2D eigenvalue weighted by Gasteiger charge is -2.19. The minimum atomic E-state index is -0.259. The average molecular weight is 319 g/mol. The highest BCUT2D eigenvalue weighted by atomic mass is 79.9. The molecule has 0 fully saturated rings. The molecular weight excluding hydrogens is 307 g/mol. The highest BCUT2D eigenvalue weighted by Crippen LogP contribution is 2.20. The fourth-order valence-corrected chi connectivity index (χ4v) is 2.22. The quantitative estimate of drug-likeness (QED) is 0.852. The van der Waals surface area contributed by atoms with Crippen LogP contribution in [-0.2, 0) is 6.54 Å². The van der Waals surface area contributed by atoms with Gasteiger partial charge in [-0.3, -0.25) is 0 Å². The molecule has 0 aliphatic heterocycles. The molecule has 0 heterocycles. The van der Waals surface area contributed by atoms with Crippen molar-refractivity contribution in [1.29, 1.82) is 5.26 Å². The van der Waals surface area contributed by atoms with Crippen molar-refractivity contribution in [2.75, 3.05) is 11.9 Å². The number of hydrogen-bond donors (Lipinski definition) is 0. The zero-order chi connectivity index (χ0) is 13.8. The highest BCUT2D eigenvalue weighted by Gasteiger charge is 2.05. The number of nitrogens with zero attached hydrogens (tertiary/aromatic N) is 2. The first-order valence-electron chi connectivity index (χ1n) is 5.75. The Kier molecular flexibility index (Phi) is 4.18. The first-order chi connectivity index (χ1) is 9.10. The van der Waals surface area contributed by atoms with Gasteiger partial charge in [-0.05, 0) is 57.9 Å². The summed E-state index contributed by atoms with van der Waals surface area (Å²) in [6.45, 7) is 0.671. The smallest absolute Gasteiger partial charge is 0.137 e. The Morgan fingerprint density at radius 2 is 1.89 bits per heavy atom. The Bertz CT molecular complexity index is 617. The average Bonchev–Trinajstić information content (AvgIpc) is 2.43. The Hall–Kier alpha value is -1.86. The third-order valence-electron chi connectivity index (χ3n) is 2.84. The monoisotopic (exact) mass is 318 g/mol. The molecule has 2 nitrogen and oxygen atoms in total. The predicted octanol–water partition coefficient (Wildman–Crippen LogP) is 4.10. The summed E-state index contributed by atoms with van der Waals surface area (Å²) < 4.78 is 13.6. The second-order valence-corrected chi connectivity index (χ2v) is 5.12. The molecule has 0 bridgehead atoms. The lowest BCUT2D eigenvalue weighted by molar-refractivity contribution is 0.620. The van der Waals surface area contributed by atoms with Gasteiger partial charge in [0.15, 0.2) is 0 Å². The Morgan fingerprint density at radius 3 is 2.47 bits per heavy atom. The van der Waals surface area contributed by atoms with Crippen LogP contribution in [0.25, 0.3) is 0 Å². The van der Waals surface area contributed by atoms with E-state index < -0.39 is 0 Å². The topological polar surface area (TPSA) is 27.0 Å². The van der Waals surface area contributed by atoms with Crippen LogP contribution < -0.4 is 4.90 Å².